The first-order valence-electron chi connectivity index (χ1n) is 7.52. The molecule has 128 valence electrons. The number of benzene rings is 2. The van der Waals surface area contributed by atoms with E-state index in [2.05, 4.69) is 10.0 Å². The van der Waals surface area contributed by atoms with Crippen molar-refractivity contribution in [3.8, 4) is 5.75 Å². The Hall–Kier alpha value is -2.38. The summed E-state index contributed by atoms with van der Waals surface area (Å²) in [6.07, 6.45) is 1.36. The number of rotatable bonds is 7. The first kappa shape index (κ1) is 18.0. The van der Waals surface area contributed by atoms with E-state index in [-0.39, 0.29) is 16.6 Å². The average Bonchev–Trinajstić information content (AvgIpc) is 2.53. The first-order valence-corrected chi connectivity index (χ1v) is 9.00. The first-order chi connectivity index (χ1) is 11.4. The van der Waals surface area contributed by atoms with Gasteiger partial charge >= 0.3 is 0 Å². The Bertz CT molecular complexity index is 784. The molecule has 2 aromatic carbocycles. The van der Waals surface area contributed by atoms with Crippen molar-refractivity contribution >= 4 is 21.6 Å². The Kier molecular flexibility index (Phi) is 5.94. The topological polar surface area (TPSA) is 95.5 Å². The van der Waals surface area contributed by atoms with E-state index in [1.807, 2.05) is 12.1 Å². The molecule has 2 aromatic rings. The highest BCUT2D eigenvalue weighted by Gasteiger charge is 2.13. The van der Waals surface area contributed by atoms with Gasteiger partial charge in [-0.2, -0.15) is 0 Å². The second-order valence-electron chi connectivity index (χ2n) is 5.37. The summed E-state index contributed by atoms with van der Waals surface area (Å²) in [5.41, 5.74) is 1.58. The number of amides is 1. The fraction of sp³-hybridized carbons (Fsp3) is 0.235. The minimum Gasteiger partial charge on any atom is -0.508 e. The zero-order chi connectivity index (χ0) is 17.6. The highest BCUT2D eigenvalue weighted by atomic mass is 32.2. The Morgan fingerprint density at radius 1 is 1.04 bits per heavy atom. The third-order valence-corrected chi connectivity index (χ3v) is 4.83. The predicted octanol–water partition coefficient (Wildman–Crippen LogP) is 2.26. The van der Waals surface area contributed by atoms with Gasteiger partial charge in [0.05, 0.1) is 4.90 Å². The van der Waals surface area contributed by atoms with Crippen LogP contribution in [0.2, 0.25) is 0 Å². The van der Waals surface area contributed by atoms with Crippen molar-refractivity contribution in [3.63, 3.8) is 0 Å². The Labute approximate surface area is 141 Å². The maximum absolute atomic E-state index is 12.2. The Morgan fingerprint density at radius 2 is 1.67 bits per heavy atom. The van der Waals surface area contributed by atoms with Crippen molar-refractivity contribution < 1.29 is 18.3 Å². The molecule has 0 heterocycles. The predicted molar refractivity (Wildman–Crippen MR) is 92.4 cm³/mol. The standard InChI is InChI=1S/C17H20N2O4S/c1-13(20)19-15-6-10-17(11-7-15)24(22,23)18-12-2-3-14-4-8-16(21)9-5-14/h4-11,18,21H,2-3,12H2,1H3,(H,19,20). The summed E-state index contributed by atoms with van der Waals surface area (Å²) >= 11 is 0. The van der Waals surface area contributed by atoms with E-state index in [4.69, 9.17) is 0 Å². The van der Waals surface area contributed by atoms with Crippen LogP contribution < -0.4 is 10.0 Å². The van der Waals surface area contributed by atoms with E-state index in [1.54, 1.807) is 24.3 Å². The van der Waals surface area contributed by atoms with Crippen LogP contribution >= 0.6 is 0 Å². The van der Waals surface area contributed by atoms with Crippen LogP contribution in [0.4, 0.5) is 5.69 Å². The van der Waals surface area contributed by atoms with Crippen LogP contribution in [0, 0.1) is 0 Å². The minimum absolute atomic E-state index is 0.154. The van der Waals surface area contributed by atoms with E-state index < -0.39 is 10.0 Å². The molecule has 0 aliphatic carbocycles. The summed E-state index contributed by atoms with van der Waals surface area (Å²) in [5, 5.41) is 11.8. The lowest BCUT2D eigenvalue weighted by Gasteiger charge is -2.08. The molecule has 3 N–H and O–H groups in total. The zero-order valence-electron chi connectivity index (χ0n) is 13.3. The van der Waals surface area contributed by atoms with Gasteiger partial charge in [0.25, 0.3) is 0 Å². The highest BCUT2D eigenvalue weighted by Crippen LogP contribution is 2.14. The molecule has 0 fully saturated rings. The fourth-order valence-electron chi connectivity index (χ4n) is 2.17. The fourth-order valence-corrected chi connectivity index (χ4v) is 3.24. The number of nitrogens with one attached hydrogen (secondary N) is 2. The lowest BCUT2D eigenvalue weighted by molar-refractivity contribution is -0.114. The lowest BCUT2D eigenvalue weighted by atomic mass is 10.1. The molecule has 2 rings (SSSR count). The average molecular weight is 348 g/mol. The van der Waals surface area contributed by atoms with Gasteiger partial charge in [0.2, 0.25) is 15.9 Å². The molecule has 0 unspecified atom stereocenters. The van der Waals surface area contributed by atoms with Gasteiger partial charge < -0.3 is 10.4 Å². The zero-order valence-corrected chi connectivity index (χ0v) is 14.1. The Morgan fingerprint density at radius 3 is 2.25 bits per heavy atom. The van der Waals surface area contributed by atoms with E-state index >= 15 is 0 Å². The largest absolute Gasteiger partial charge is 0.508 e. The third-order valence-electron chi connectivity index (χ3n) is 3.36. The minimum atomic E-state index is -3.57. The molecule has 0 aliphatic rings. The van der Waals surface area contributed by atoms with Crippen molar-refractivity contribution in [1.82, 2.24) is 4.72 Å². The number of anilines is 1. The van der Waals surface area contributed by atoms with Gasteiger partial charge in [-0.05, 0) is 54.8 Å². The second-order valence-corrected chi connectivity index (χ2v) is 7.14. The molecular formula is C17H20N2O4S. The smallest absolute Gasteiger partial charge is 0.240 e. The molecule has 7 heteroatoms. The molecule has 1 amide bonds. The van der Waals surface area contributed by atoms with Crippen LogP contribution in [-0.4, -0.2) is 26.0 Å². The number of sulfonamides is 1. The van der Waals surface area contributed by atoms with Crippen LogP contribution in [0.5, 0.6) is 5.75 Å². The summed E-state index contributed by atoms with van der Waals surface area (Å²) in [6, 6.07) is 12.8. The van der Waals surface area contributed by atoms with Crippen molar-refractivity contribution in [2.24, 2.45) is 0 Å². The van der Waals surface area contributed by atoms with Crippen LogP contribution in [0.1, 0.15) is 18.9 Å². The number of phenolic OH excluding ortho intramolecular Hbond substituents is 1. The summed E-state index contributed by atoms with van der Waals surface area (Å²) in [4.78, 5) is 11.1. The number of aryl methyl sites for hydroxylation is 1. The number of phenols is 1. The Balaban J connectivity index is 1.86. The van der Waals surface area contributed by atoms with Gasteiger partial charge in [0.15, 0.2) is 0 Å². The van der Waals surface area contributed by atoms with E-state index in [0.29, 0.717) is 25.1 Å². The normalized spacial score (nSPS) is 11.2. The van der Waals surface area contributed by atoms with Crippen molar-refractivity contribution in [2.75, 3.05) is 11.9 Å². The molecule has 0 saturated heterocycles. The number of hydrogen-bond donors (Lipinski definition) is 3. The van der Waals surface area contributed by atoms with Crippen molar-refractivity contribution in [3.05, 3.63) is 54.1 Å². The van der Waals surface area contributed by atoms with E-state index in [0.717, 1.165) is 5.56 Å². The van der Waals surface area contributed by atoms with Crippen LogP contribution in [-0.2, 0) is 21.2 Å². The van der Waals surface area contributed by atoms with Gasteiger partial charge in [-0.25, -0.2) is 13.1 Å². The second kappa shape index (κ2) is 7.94. The molecule has 0 atom stereocenters. The molecular weight excluding hydrogens is 328 g/mol. The van der Waals surface area contributed by atoms with E-state index in [9.17, 15) is 18.3 Å². The van der Waals surface area contributed by atoms with Gasteiger partial charge in [-0.3, -0.25) is 4.79 Å². The summed E-state index contributed by atoms with van der Waals surface area (Å²) in [7, 11) is -3.57. The monoisotopic (exact) mass is 348 g/mol. The molecule has 0 saturated carbocycles. The molecule has 0 radical (unpaired) electrons. The van der Waals surface area contributed by atoms with Gasteiger partial charge in [-0.15, -0.1) is 0 Å². The van der Waals surface area contributed by atoms with Gasteiger partial charge in [0, 0.05) is 19.2 Å². The molecule has 24 heavy (non-hydrogen) atoms. The number of hydrogen-bond acceptors (Lipinski definition) is 4. The number of carbonyl (C=O) groups excluding carboxylic acids is 1. The van der Waals surface area contributed by atoms with Crippen LogP contribution in [0.3, 0.4) is 0 Å². The van der Waals surface area contributed by atoms with E-state index in [1.165, 1.54) is 19.1 Å². The lowest BCUT2D eigenvalue weighted by Crippen LogP contribution is -2.25. The van der Waals surface area contributed by atoms with Gasteiger partial charge in [-0.1, -0.05) is 12.1 Å². The van der Waals surface area contributed by atoms with Gasteiger partial charge in [0.1, 0.15) is 5.75 Å². The summed E-state index contributed by atoms with van der Waals surface area (Å²) < 4.78 is 26.9. The van der Waals surface area contributed by atoms with Crippen molar-refractivity contribution in [1.29, 1.82) is 0 Å². The highest BCUT2D eigenvalue weighted by molar-refractivity contribution is 7.89. The third kappa shape index (κ3) is 5.36. The molecule has 6 nitrogen and oxygen atoms in total. The number of carbonyl (C=O) groups is 1. The van der Waals surface area contributed by atoms with Crippen LogP contribution in [0.25, 0.3) is 0 Å². The van der Waals surface area contributed by atoms with Crippen molar-refractivity contribution in [2.45, 2.75) is 24.7 Å². The molecule has 0 spiro atoms. The SMILES string of the molecule is CC(=O)Nc1ccc(S(=O)(=O)NCCCc2ccc(O)cc2)cc1. The maximum atomic E-state index is 12.2. The summed E-state index contributed by atoms with van der Waals surface area (Å²) in [6.45, 7) is 1.71. The molecule has 0 aliphatic heterocycles. The number of aromatic hydroxyl groups is 1. The molecule has 0 bridgehead atoms. The maximum Gasteiger partial charge on any atom is 0.240 e. The van der Waals surface area contributed by atoms with Crippen LogP contribution in [0.15, 0.2) is 53.4 Å². The quantitative estimate of drug-likeness (QED) is 0.669. The summed E-state index contributed by atoms with van der Waals surface area (Å²) in [5.74, 6) is 0.000116. The molecule has 0 aromatic heterocycles.